The van der Waals surface area contributed by atoms with E-state index < -0.39 is 18.1 Å². The number of piperazine rings is 1. The maximum atomic E-state index is 14.3. The van der Waals surface area contributed by atoms with Crippen LogP contribution in [0, 0.1) is 35.0 Å². The monoisotopic (exact) mass is 988 g/mol. The summed E-state index contributed by atoms with van der Waals surface area (Å²) in [5.41, 5.74) is 6.29. The van der Waals surface area contributed by atoms with Gasteiger partial charge >= 0.3 is 0 Å². The summed E-state index contributed by atoms with van der Waals surface area (Å²) in [5.74, 6) is 0.226. The third-order valence-corrected chi connectivity index (χ3v) is 16.0. The number of nitrogens with zero attached hydrogens (tertiary/aromatic N) is 6. The van der Waals surface area contributed by atoms with Crippen LogP contribution in [0.25, 0.3) is 10.4 Å². The van der Waals surface area contributed by atoms with Gasteiger partial charge < -0.3 is 34.8 Å². The van der Waals surface area contributed by atoms with Gasteiger partial charge in [-0.25, -0.2) is 4.98 Å². The Morgan fingerprint density at radius 1 is 0.986 bits per heavy atom. The molecule has 16 heteroatoms. The highest BCUT2D eigenvalue weighted by atomic mass is 35.5. The molecule has 8 rings (SSSR count). The Morgan fingerprint density at radius 3 is 2.31 bits per heavy atom. The van der Waals surface area contributed by atoms with Crippen LogP contribution in [-0.2, 0) is 16.0 Å². The first-order valence-electron chi connectivity index (χ1n) is 24.3. The van der Waals surface area contributed by atoms with E-state index in [9.17, 15) is 24.8 Å². The van der Waals surface area contributed by atoms with Gasteiger partial charge in [-0.2, -0.15) is 5.26 Å². The van der Waals surface area contributed by atoms with Crippen LogP contribution in [0.15, 0.2) is 82.8 Å². The molecule has 2 aromatic heterocycles. The van der Waals surface area contributed by atoms with Gasteiger partial charge in [0.2, 0.25) is 11.8 Å². The summed E-state index contributed by atoms with van der Waals surface area (Å²) in [4.78, 5) is 53.2. The minimum absolute atomic E-state index is 0.0682. The van der Waals surface area contributed by atoms with Crippen molar-refractivity contribution in [2.45, 2.75) is 111 Å². The topological polar surface area (TPSA) is 177 Å². The van der Waals surface area contributed by atoms with Crippen molar-refractivity contribution < 1.29 is 28.8 Å². The summed E-state index contributed by atoms with van der Waals surface area (Å²) >= 11 is 7.86. The second-order valence-corrected chi connectivity index (χ2v) is 22.0. The smallest absolute Gasteiger partial charge is 0.251 e. The molecule has 370 valence electrons. The molecule has 4 atom stereocenters. The Bertz CT molecular complexity index is 2690. The molecule has 3 fully saturated rings. The molecular formula is C54H65ClN8O6S. The number of aryl methyl sites for hydroxylation is 2. The van der Waals surface area contributed by atoms with E-state index in [4.69, 9.17) is 20.9 Å². The molecule has 2 aliphatic heterocycles. The molecule has 5 aromatic rings. The fraction of sp³-hybridized carbons (Fsp3) is 0.481. The summed E-state index contributed by atoms with van der Waals surface area (Å²) in [6.07, 6.45) is 1.02. The van der Waals surface area contributed by atoms with Crippen molar-refractivity contribution >= 4 is 46.5 Å². The van der Waals surface area contributed by atoms with E-state index in [-0.39, 0.29) is 65.6 Å². The Kier molecular flexibility index (Phi) is 15.1. The van der Waals surface area contributed by atoms with Gasteiger partial charge in [0, 0.05) is 73.7 Å². The number of ether oxygens (including phenoxy) is 1. The number of β-amino-alcohol motifs (C(OH)–C–C–N with tert-alkyl or cyclic N) is 1. The van der Waals surface area contributed by atoms with Crippen LogP contribution in [0.2, 0.25) is 5.02 Å². The van der Waals surface area contributed by atoms with Crippen LogP contribution in [0.3, 0.4) is 0 Å². The van der Waals surface area contributed by atoms with Gasteiger partial charge in [-0.15, -0.1) is 11.3 Å². The summed E-state index contributed by atoms with van der Waals surface area (Å²) in [6.45, 7) is 20.4. The van der Waals surface area contributed by atoms with Gasteiger partial charge in [0.25, 0.3) is 5.91 Å². The lowest BCUT2D eigenvalue weighted by molar-refractivity contribution is -0.164. The first kappa shape index (κ1) is 50.6. The number of nitriles is 1. The molecule has 0 spiro atoms. The Morgan fingerprint density at radius 2 is 1.69 bits per heavy atom. The zero-order valence-corrected chi connectivity index (χ0v) is 42.9. The highest BCUT2D eigenvalue weighted by molar-refractivity contribution is 7.13. The highest BCUT2D eigenvalue weighted by Crippen LogP contribution is 2.55. The third-order valence-electron chi connectivity index (χ3n) is 14.7. The molecule has 14 nitrogen and oxygen atoms in total. The predicted octanol–water partition coefficient (Wildman–Crippen LogP) is 8.58. The van der Waals surface area contributed by atoms with E-state index in [1.807, 2.05) is 87.8 Å². The SMILES string of the molecule is Cc1ncsc1-c1ccc([C@H](C)NC(=O)[C@@H]2C[C@@H](O)CN2C(=O)[C@H](c2cc(N3CCN(CCCc4ccc(C(=O)NC5C(C)(C)C(Oc6ccc(C#N)c(Cl)c6)C5(C)C)cc4)CC3)no2)C(C)C)cc1. The number of aliphatic hydroxyl groups excluding tert-OH is 1. The zero-order valence-electron chi connectivity index (χ0n) is 41.4. The lowest BCUT2D eigenvalue weighted by Crippen LogP contribution is -2.74. The lowest BCUT2D eigenvalue weighted by atomic mass is 9.49. The van der Waals surface area contributed by atoms with Crippen LogP contribution in [0.4, 0.5) is 5.82 Å². The molecule has 3 aliphatic rings. The summed E-state index contributed by atoms with van der Waals surface area (Å²) in [7, 11) is 0. The minimum atomic E-state index is -0.815. The Balaban J connectivity index is 0.788. The fourth-order valence-corrected chi connectivity index (χ4v) is 12.1. The number of amides is 3. The second-order valence-electron chi connectivity index (χ2n) is 20.8. The number of thiazole rings is 1. The summed E-state index contributed by atoms with van der Waals surface area (Å²) in [5, 5.41) is 31.1. The molecule has 70 heavy (non-hydrogen) atoms. The molecule has 1 aliphatic carbocycles. The predicted molar refractivity (Wildman–Crippen MR) is 272 cm³/mol. The Hall–Kier alpha value is -5.79. The van der Waals surface area contributed by atoms with Gasteiger partial charge in [0.05, 0.1) is 38.8 Å². The Labute approximate surface area is 420 Å². The summed E-state index contributed by atoms with van der Waals surface area (Å²) < 4.78 is 12.3. The van der Waals surface area contributed by atoms with Crippen molar-refractivity contribution in [1.29, 1.82) is 5.26 Å². The standard InChI is InChI=1S/C54H65ClN8O6S/c1-32(2)46(50(67)63-30-40(64)26-43(63)49(66)58-33(3)36-15-17-37(18-16-36)47-34(4)57-31-70-47)44-28-45(60-69-44)62-24-22-61(23-25-62)21-9-10-35-11-13-38(14-12-35)48(65)59-51-53(5,6)52(54(51,7)8)68-41-20-19-39(29-56)42(55)27-41/h11-20,27-28,31-33,40,43,46,51-52,64H,9-10,21-26,30H2,1-8H3,(H,58,66)(H,59,65)/t33-,40+,43-,46-,51?,52?/m0/s1. The number of carbonyl (C=O) groups excluding carboxylic acids is 3. The average Bonchev–Trinajstić information content (AvgIpc) is 4.10. The molecule has 1 saturated carbocycles. The van der Waals surface area contributed by atoms with Crippen molar-refractivity contribution in [1.82, 2.24) is 30.6 Å². The van der Waals surface area contributed by atoms with Crippen LogP contribution in [-0.4, -0.2) is 106 Å². The van der Waals surface area contributed by atoms with E-state index in [1.54, 1.807) is 29.5 Å². The maximum Gasteiger partial charge on any atom is 0.251 e. The number of aromatic nitrogens is 2. The van der Waals surface area contributed by atoms with Crippen LogP contribution >= 0.6 is 22.9 Å². The number of rotatable bonds is 16. The zero-order chi connectivity index (χ0) is 50.1. The summed E-state index contributed by atoms with van der Waals surface area (Å²) in [6, 6.07) is 23.7. The first-order chi connectivity index (χ1) is 33.3. The molecule has 3 N–H and O–H groups in total. The molecule has 0 radical (unpaired) electrons. The maximum absolute atomic E-state index is 14.3. The number of halogens is 1. The number of carbonyl (C=O) groups is 3. The number of nitrogens with one attached hydrogen (secondary N) is 2. The normalized spacial score (nSPS) is 21.7. The average molecular weight is 990 g/mol. The van der Waals surface area contributed by atoms with E-state index in [0.29, 0.717) is 33.5 Å². The number of likely N-dealkylation sites (tertiary alicyclic amines) is 1. The molecule has 4 heterocycles. The molecule has 0 bridgehead atoms. The van der Waals surface area contributed by atoms with Crippen molar-refractivity contribution in [2.75, 3.05) is 44.2 Å². The van der Waals surface area contributed by atoms with Crippen molar-refractivity contribution in [2.24, 2.45) is 16.7 Å². The minimum Gasteiger partial charge on any atom is -0.489 e. The molecule has 3 amide bonds. The highest BCUT2D eigenvalue weighted by Gasteiger charge is 2.64. The number of benzene rings is 3. The van der Waals surface area contributed by atoms with Gasteiger partial charge in [-0.05, 0) is 80.1 Å². The van der Waals surface area contributed by atoms with Crippen LogP contribution < -0.4 is 20.3 Å². The van der Waals surface area contributed by atoms with Crippen molar-refractivity contribution in [3.8, 4) is 22.3 Å². The molecular weight excluding hydrogens is 924 g/mol. The number of anilines is 1. The van der Waals surface area contributed by atoms with Gasteiger partial charge in [0.15, 0.2) is 11.6 Å². The first-order valence-corrected chi connectivity index (χ1v) is 25.6. The van der Waals surface area contributed by atoms with E-state index in [1.165, 1.54) is 10.5 Å². The molecule has 0 unspecified atom stereocenters. The molecule has 2 saturated heterocycles. The number of hydrogen-bond acceptors (Lipinski definition) is 12. The second kappa shape index (κ2) is 20.9. The molecule has 3 aromatic carbocycles. The lowest BCUT2D eigenvalue weighted by Gasteiger charge is -2.63. The van der Waals surface area contributed by atoms with Crippen molar-refractivity contribution in [3.05, 3.63) is 117 Å². The quantitative estimate of drug-likeness (QED) is 0.0863. The van der Waals surface area contributed by atoms with Crippen molar-refractivity contribution in [3.63, 3.8) is 0 Å². The largest absolute Gasteiger partial charge is 0.489 e. The number of hydrogen-bond donors (Lipinski definition) is 3. The fourth-order valence-electron chi connectivity index (χ4n) is 11.0. The van der Waals surface area contributed by atoms with Crippen LogP contribution in [0.5, 0.6) is 5.75 Å². The van der Waals surface area contributed by atoms with Gasteiger partial charge in [0.1, 0.15) is 29.9 Å². The van der Waals surface area contributed by atoms with Gasteiger partial charge in [-0.3, -0.25) is 19.3 Å². The number of aliphatic hydroxyl groups is 1. The van der Waals surface area contributed by atoms with Gasteiger partial charge in [-0.1, -0.05) is 94.7 Å². The van der Waals surface area contributed by atoms with E-state index in [0.717, 1.165) is 67.3 Å². The van der Waals surface area contributed by atoms with E-state index >= 15 is 0 Å². The third kappa shape index (κ3) is 10.6. The van der Waals surface area contributed by atoms with E-state index in [2.05, 4.69) is 64.3 Å². The van der Waals surface area contributed by atoms with Crippen LogP contribution in [0.1, 0.15) is 112 Å².